The Bertz CT molecular complexity index is 1360. The first kappa shape index (κ1) is 24.6. The van der Waals surface area contributed by atoms with E-state index in [1.165, 1.54) is 0 Å². The van der Waals surface area contributed by atoms with Gasteiger partial charge in [0, 0.05) is 55.2 Å². The molecule has 4 heterocycles. The van der Waals surface area contributed by atoms with Crippen LogP contribution in [0, 0.1) is 5.92 Å². The minimum atomic E-state index is -2.76. The van der Waals surface area contributed by atoms with Gasteiger partial charge in [-0.25, -0.2) is 19.2 Å². The molecule has 39 heavy (non-hydrogen) atoms. The first-order chi connectivity index (χ1) is 18.8. The number of H-pyrrole nitrogens is 1. The highest BCUT2D eigenvalue weighted by atomic mass is 19.3. The normalized spacial score (nSPS) is 30.2. The molecule has 4 aliphatic carbocycles. The molecule has 3 aromatic rings. The van der Waals surface area contributed by atoms with Crippen molar-refractivity contribution in [2.24, 2.45) is 5.92 Å². The Morgan fingerprint density at radius 2 is 2.08 bits per heavy atom. The first-order valence-electron chi connectivity index (χ1n) is 13.3. The summed E-state index contributed by atoms with van der Waals surface area (Å²) >= 11 is 0. The van der Waals surface area contributed by atoms with Crippen LogP contribution < -0.4 is 10.6 Å². The van der Waals surface area contributed by atoms with Gasteiger partial charge in [0.1, 0.15) is 17.9 Å². The number of amides is 1. The summed E-state index contributed by atoms with van der Waals surface area (Å²) in [7, 11) is 0. The first-order valence-corrected chi connectivity index (χ1v) is 13.3. The highest BCUT2D eigenvalue weighted by Crippen LogP contribution is 2.57. The van der Waals surface area contributed by atoms with Crippen molar-refractivity contribution in [2.45, 2.75) is 75.1 Å². The molecule has 3 atom stereocenters. The monoisotopic (exact) mass is 546 g/mol. The van der Waals surface area contributed by atoms with E-state index in [9.17, 15) is 13.6 Å². The maximum Gasteiger partial charge on any atom is 0.407 e. The van der Waals surface area contributed by atoms with Crippen LogP contribution in [0.15, 0.2) is 24.5 Å². The van der Waals surface area contributed by atoms with Crippen LogP contribution in [-0.4, -0.2) is 79.2 Å². The van der Waals surface area contributed by atoms with Crippen molar-refractivity contribution < 1.29 is 27.4 Å². The Kier molecular flexibility index (Phi) is 5.92. The molecule has 8 rings (SSSR count). The second kappa shape index (κ2) is 9.37. The lowest BCUT2D eigenvalue weighted by atomic mass is 9.50. The van der Waals surface area contributed by atoms with Gasteiger partial charge in [-0.15, -0.1) is 0 Å². The number of halogens is 3. The highest BCUT2D eigenvalue weighted by molar-refractivity contribution is 5.69. The Balaban J connectivity index is 0.965. The van der Waals surface area contributed by atoms with E-state index in [1.807, 2.05) is 11.1 Å². The van der Waals surface area contributed by atoms with Gasteiger partial charge < -0.3 is 20.1 Å². The van der Waals surface area contributed by atoms with Crippen molar-refractivity contribution in [3.63, 3.8) is 0 Å². The minimum absolute atomic E-state index is 0.105. The number of hydrogen-bond acceptors (Lipinski definition) is 8. The zero-order valence-electron chi connectivity index (χ0n) is 21.0. The molecule has 1 amide bonds. The molecule has 5 fully saturated rings. The zero-order chi connectivity index (χ0) is 26.7. The average molecular weight is 547 g/mol. The third kappa shape index (κ3) is 4.69. The molecule has 0 unspecified atom stereocenters. The number of alkyl halides is 3. The predicted octanol–water partition coefficient (Wildman–Crippen LogP) is 3.48. The number of likely N-dealkylation sites (tertiary alicyclic amines) is 1. The Morgan fingerprint density at radius 1 is 1.26 bits per heavy atom. The van der Waals surface area contributed by atoms with Crippen molar-refractivity contribution in [3.05, 3.63) is 35.9 Å². The summed E-state index contributed by atoms with van der Waals surface area (Å²) in [5.41, 5.74) is 1.94. The van der Waals surface area contributed by atoms with Crippen LogP contribution in [-0.2, 0) is 16.0 Å². The van der Waals surface area contributed by atoms with Gasteiger partial charge in [-0.3, -0.25) is 14.4 Å². The quantitative estimate of drug-likeness (QED) is 0.373. The summed E-state index contributed by atoms with van der Waals surface area (Å²) in [6.07, 6.45) is 4.32. The van der Waals surface area contributed by atoms with Crippen molar-refractivity contribution in [1.82, 2.24) is 34.8 Å². The van der Waals surface area contributed by atoms with E-state index in [1.54, 1.807) is 22.7 Å². The molecule has 208 valence electrons. The molecule has 3 aromatic heterocycles. The SMILES string of the molecule is O=C(NC12CC(C1)C2)O[C@@H]1CC[C@H](c2cc(Nc3nccc4nc(CN5CC(OC(F)F)C5)cn34)n[nH]2)[C@@H]1F. The number of imidazole rings is 1. The Labute approximate surface area is 221 Å². The summed E-state index contributed by atoms with van der Waals surface area (Å²) in [5.74, 6) is 1.21. The van der Waals surface area contributed by atoms with Crippen molar-refractivity contribution >= 4 is 23.5 Å². The van der Waals surface area contributed by atoms with Gasteiger partial charge in [0.2, 0.25) is 5.95 Å². The fourth-order valence-corrected chi connectivity index (χ4v) is 6.34. The van der Waals surface area contributed by atoms with E-state index in [0.717, 1.165) is 30.9 Å². The van der Waals surface area contributed by atoms with Crippen LogP contribution in [0.5, 0.6) is 0 Å². The number of hydrogen-bond donors (Lipinski definition) is 3. The number of nitrogens with zero attached hydrogens (tertiary/aromatic N) is 5. The number of fused-ring (bicyclic) bond motifs is 1. The number of alkyl carbamates (subject to hydrolysis) is 1. The van der Waals surface area contributed by atoms with Gasteiger partial charge in [0.05, 0.1) is 11.8 Å². The smallest absolute Gasteiger partial charge is 0.407 e. The molecule has 0 radical (unpaired) electrons. The fourth-order valence-electron chi connectivity index (χ4n) is 6.34. The van der Waals surface area contributed by atoms with Crippen LogP contribution in [0.1, 0.15) is 49.4 Å². The number of carbonyl (C=O) groups excluding carboxylic acids is 1. The fraction of sp³-hybridized carbons (Fsp3) is 0.600. The largest absolute Gasteiger partial charge is 0.443 e. The molecule has 5 aliphatic rings. The molecule has 0 spiro atoms. The molecule has 3 N–H and O–H groups in total. The third-order valence-electron chi connectivity index (χ3n) is 8.44. The average Bonchev–Trinajstić information content (AvgIpc) is 3.53. The summed E-state index contributed by atoms with van der Waals surface area (Å²) in [4.78, 5) is 23.2. The van der Waals surface area contributed by atoms with Gasteiger partial charge in [-0.05, 0) is 44.1 Å². The molecular formula is C25H29F3N8O3. The summed E-state index contributed by atoms with van der Waals surface area (Å²) in [6.45, 7) is -1.42. The van der Waals surface area contributed by atoms with Crippen LogP contribution in [0.4, 0.5) is 29.7 Å². The lowest BCUT2D eigenvalue weighted by Crippen LogP contribution is -2.68. The number of ether oxygens (including phenoxy) is 2. The van der Waals surface area contributed by atoms with Crippen LogP contribution in [0.25, 0.3) is 5.65 Å². The van der Waals surface area contributed by atoms with E-state index in [2.05, 4.69) is 35.5 Å². The Hall–Kier alpha value is -3.39. The molecule has 11 nitrogen and oxygen atoms in total. The summed E-state index contributed by atoms with van der Waals surface area (Å²) in [6, 6.07) is 3.50. The number of aromatic amines is 1. The molecule has 4 saturated carbocycles. The van der Waals surface area contributed by atoms with Crippen molar-refractivity contribution in [3.8, 4) is 0 Å². The van der Waals surface area contributed by atoms with E-state index < -0.39 is 37.0 Å². The summed E-state index contributed by atoms with van der Waals surface area (Å²) < 4.78 is 51.7. The topological polar surface area (TPSA) is 122 Å². The van der Waals surface area contributed by atoms with E-state index in [-0.39, 0.29) is 5.54 Å². The predicted molar refractivity (Wildman–Crippen MR) is 131 cm³/mol. The zero-order valence-corrected chi connectivity index (χ0v) is 21.0. The lowest BCUT2D eigenvalue weighted by Gasteiger charge is -2.61. The van der Waals surface area contributed by atoms with Crippen molar-refractivity contribution in [2.75, 3.05) is 18.4 Å². The van der Waals surface area contributed by atoms with Gasteiger partial charge in [0.15, 0.2) is 5.82 Å². The van der Waals surface area contributed by atoms with Gasteiger partial charge in [0.25, 0.3) is 0 Å². The van der Waals surface area contributed by atoms with E-state index >= 15 is 4.39 Å². The molecule has 0 aromatic carbocycles. The molecule has 1 aliphatic heterocycles. The maximum absolute atomic E-state index is 15.3. The molecule has 14 heteroatoms. The van der Waals surface area contributed by atoms with Gasteiger partial charge in [-0.1, -0.05) is 0 Å². The number of anilines is 2. The lowest BCUT2D eigenvalue weighted by molar-refractivity contribution is -0.197. The van der Waals surface area contributed by atoms with E-state index in [4.69, 9.17) is 4.74 Å². The molecular weight excluding hydrogens is 517 g/mol. The second-order valence-electron chi connectivity index (χ2n) is 11.2. The number of rotatable bonds is 9. The Morgan fingerprint density at radius 3 is 2.82 bits per heavy atom. The third-order valence-corrected chi connectivity index (χ3v) is 8.44. The second-order valence-corrected chi connectivity index (χ2v) is 11.2. The van der Waals surface area contributed by atoms with Crippen LogP contribution in [0.2, 0.25) is 0 Å². The van der Waals surface area contributed by atoms with Crippen LogP contribution >= 0.6 is 0 Å². The van der Waals surface area contributed by atoms with Gasteiger partial charge in [-0.2, -0.15) is 13.9 Å². The molecule has 1 saturated heterocycles. The van der Waals surface area contributed by atoms with Gasteiger partial charge >= 0.3 is 12.7 Å². The standard InChI is InChI=1S/C25H29F3N8O3/c26-21-16(1-2-18(21)39-24(37)32-25-6-13(7-25)8-25)17-5-19(34-33-17)31-23-29-4-3-20-30-14(10-36(20)23)9-35-11-15(12-35)38-22(27)28/h3-5,10,13,15-16,18,21-22H,1-2,6-9,11-12H2,(H,32,37)(H2,29,31,33,34)/t13?,16-,18-,21+,25?/m1/s1. The number of aromatic nitrogens is 5. The summed E-state index contributed by atoms with van der Waals surface area (Å²) in [5, 5.41) is 13.3. The minimum Gasteiger partial charge on any atom is -0.443 e. The molecule has 2 bridgehead atoms. The van der Waals surface area contributed by atoms with Crippen molar-refractivity contribution in [1.29, 1.82) is 0 Å². The highest BCUT2D eigenvalue weighted by Gasteiger charge is 2.58. The number of carbonyl (C=O) groups is 1. The van der Waals surface area contributed by atoms with Crippen LogP contribution in [0.3, 0.4) is 0 Å². The van der Waals surface area contributed by atoms with E-state index in [0.29, 0.717) is 55.6 Å². The maximum atomic E-state index is 15.3. The number of nitrogens with one attached hydrogen (secondary N) is 3.